The molecule has 1 aliphatic rings. The molecule has 0 atom stereocenters. The predicted octanol–water partition coefficient (Wildman–Crippen LogP) is 7.66. The molecule has 0 bridgehead atoms. The van der Waals surface area contributed by atoms with Gasteiger partial charge < -0.3 is 19.7 Å². The number of nitrogens with zero attached hydrogens (tertiary/aromatic N) is 2. The quantitative estimate of drug-likeness (QED) is 0.127. The molecule has 2 N–H and O–H groups in total. The number of morpholine rings is 1. The number of benzene rings is 4. The molecule has 0 unspecified atom stereocenters. The number of ether oxygens (including phenoxy) is 2. The molecule has 0 saturated carbocycles. The smallest absolute Gasteiger partial charge is 0.167 e. The maximum Gasteiger partial charge on any atom is 0.167 e. The van der Waals surface area contributed by atoms with E-state index in [4.69, 9.17) is 9.47 Å². The highest BCUT2D eigenvalue weighted by atomic mass is 19.1. The van der Waals surface area contributed by atoms with E-state index in [9.17, 15) is 5.41 Å². The summed E-state index contributed by atoms with van der Waals surface area (Å²) >= 11 is 0. The number of hydrogen-bond donors (Lipinski definition) is 2. The molecule has 6 rings (SSSR count). The van der Waals surface area contributed by atoms with Crippen LogP contribution >= 0.6 is 0 Å². The molecular weight excluding hydrogens is 563 g/mol. The summed E-state index contributed by atoms with van der Waals surface area (Å²) in [6.45, 7) is 6.44. The first-order chi connectivity index (χ1) is 22.0. The van der Waals surface area contributed by atoms with E-state index in [0.29, 0.717) is 30.0 Å². The molecule has 1 fully saturated rings. The summed E-state index contributed by atoms with van der Waals surface area (Å²) in [4.78, 5) is 6.74. The van der Waals surface area contributed by atoms with Crippen LogP contribution in [0.1, 0.15) is 41.7 Å². The zero-order valence-electron chi connectivity index (χ0n) is 25.5. The van der Waals surface area contributed by atoms with Crippen molar-refractivity contribution in [1.82, 2.24) is 4.98 Å². The molecule has 0 amide bonds. The van der Waals surface area contributed by atoms with Gasteiger partial charge in [0.15, 0.2) is 11.6 Å². The van der Waals surface area contributed by atoms with Crippen LogP contribution in [0.15, 0.2) is 121 Å². The fourth-order valence-electron chi connectivity index (χ4n) is 5.89. The first-order valence-corrected chi connectivity index (χ1v) is 15.3. The second-order valence-corrected chi connectivity index (χ2v) is 11.3. The van der Waals surface area contributed by atoms with E-state index in [1.54, 1.807) is 12.3 Å². The highest BCUT2D eigenvalue weighted by molar-refractivity contribution is 6.14. The number of halogens is 1. The summed E-state index contributed by atoms with van der Waals surface area (Å²) < 4.78 is 27.3. The predicted molar refractivity (Wildman–Crippen MR) is 178 cm³/mol. The summed E-state index contributed by atoms with van der Waals surface area (Å²) in [5, 5.41) is 13.3. The van der Waals surface area contributed by atoms with Crippen molar-refractivity contribution in [3.05, 3.63) is 155 Å². The minimum atomic E-state index is -0.914. The zero-order valence-corrected chi connectivity index (χ0v) is 25.5. The Morgan fingerprint density at radius 1 is 0.844 bits per heavy atom. The number of rotatable bonds is 10. The number of nitrogens with one attached hydrogen (secondary N) is 2. The van der Waals surface area contributed by atoms with Gasteiger partial charge in [-0.15, -0.1) is 0 Å². The maximum absolute atomic E-state index is 15.9. The Labute approximate surface area is 264 Å². The normalized spacial score (nSPS) is 13.5. The fraction of sp³-hybridized carbons (Fsp3) is 0.211. The number of hydrogen-bond acceptors (Lipinski definition) is 6. The van der Waals surface area contributed by atoms with E-state index in [0.717, 1.165) is 35.6 Å². The molecular formula is C38H37FN4O2. The van der Waals surface area contributed by atoms with Gasteiger partial charge in [0.25, 0.3) is 0 Å². The molecule has 0 spiro atoms. The largest absolute Gasteiger partial charge is 0.488 e. The molecule has 228 valence electrons. The second kappa shape index (κ2) is 13.3. The zero-order chi connectivity index (χ0) is 31.2. The molecule has 6 nitrogen and oxygen atoms in total. The summed E-state index contributed by atoms with van der Waals surface area (Å²) in [6.07, 6.45) is 1.48. The van der Waals surface area contributed by atoms with E-state index in [2.05, 4.69) is 51.6 Å². The first-order valence-electron chi connectivity index (χ1n) is 15.3. The van der Waals surface area contributed by atoms with Crippen LogP contribution in [0.25, 0.3) is 0 Å². The summed E-state index contributed by atoms with van der Waals surface area (Å²) in [5.74, 6) is 0.375. The minimum Gasteiger partial charge on any atom is -0.488 e. The van der Waals surface area contributed by atoms with Crippen molar-refractivity contribution < 1.29 is 13.9 Å². The number of pyridine rings is 1. The van der Waals surface area contributed by atoms with Gasteiger partial charge in [-0.1, -0.05) is 91.0 Å². The monoisotopic (exact) mass is 600 g/mol. The third kappa shape index (κ3) is 6.30. The summed E-state index contributed by atoms with van der Waals surface area (Å²) in [7, 11) is 0. The van der Waals surface area contributed by atoms with Crippen LogP contribution in [0.5, 0.6) is 5.75 Å². The molecule has 0 aliphatic carbocycles. The van der Waals surface area contributed by atoms with E-state index < -0.39 is 11.4 Å². The molecule has 4 aromatic carbocycles. The van der Waals surface area contributed by atoms with Gasteiger partial charge in [-0.25, -0.2) is 9.37 Å². The lowest BCUT2D eigenvalue weighted by atomic mass is 9.76. The van der Waals surface area contributed by atoms with Gasteiger partial charge in [0.1, 0.15) is 11.4 Å². The summed E-state index contributed by atoms with van der Waals surface area (Å²) in [6, 6.07) is 37.2. The second-order valence-electron chi connectivity index (χ2n) is 11.3. The lowest BCUT2D eigenvalue weighted by molar-refractivity contribution is 0.122. The molecule has 5 aromatic rings. The van der Waals surface area contributed by atoms with Crippen LogP contribution in [0.3, 0.4) is 0 Å². The lowest BCUT2D eigenvalue weighted by Gasteiger charge is -2.38. The topological polar surface area (TPSA) is 70.5 Å². The van der Waals surface area contributed by atoms with Crippen molar-refractivity contribution in [1.29, 1.82) is 5.41 Å². The van der Waals surface area contributed by atoms with Crippen molar-refractivity contribution >= 4 is 17.2 Å². The van der Waals surface area contributed by atoms with Gasteiger partial charge in [-0.05, 0) is 48.7 Å². The van der Waals surface area contributed by atoms with Crippen molar-refractivity contribution in [2.45, 2.75) is 25.5 Å². The Morgan fingerprint density at radius 2 is 1.40 bits per heavy atom. The molecule has 45 heavy (non-hydrogen) atoms. The Balaban J connectivity index is 1.54. The Bertz CT molecular complexity index is 1640. The SMILES string of the molecule is CC(C)Oc1cc(C(=N)c2ccnc(N3CCOCC3)c2)c(NC(c2ccccc2)(c2ccccc2)c2ccccc2)cc1F. The van der Waals surface area contributed by atoms with Crippen LogP contribution in [-0.2, 0) is 10.3 Å². The van der Waals surface area contributed by atoms with Gasteiger partial charge in [0, 0.05) is 42.2 Å². The van der Waals surface area contributed by atoms with Crippen LogP contribution in [0, 0.1) is 11.2 Å². The van der Waals surface area contributed by atoms with Crippen molar-refractivity contribution in [2.75, 3.05) is 36.5 Å². The molecule has 1 aliphatic heterocycles. The fourth-order valence-corrected chi connectivity index (χ4v) is 5.89. The molecule has 2 heterocycles. The highest BCUT2D eigenvalue weighted by Crippen LogP contribution is 2.42. The lowest BCUT2D eigenvalue weighted by Crippen LogP contribution is -2.38. The van der Waals surface area contributed by atoms with Crippen molar-refractivity contribution in [2.24, 2.45) is 0 Å². The maximum atomic E-state index is 15.9. The van der Waals surface area contributed by atoms with E-state index in [1.807, 2.05) is 80.6 Å². The van der Waals surface area contributed by atoms with Gasteiger partial charge in [-0.2, -0.15) is 0 Å². The third-order valence-electron chi connectivity index (χ3n) is 8.02. The third-order valence-corrected chi connectivity index (χ3v) is 8.02. The Kier molecular flexibility index (Phi) is 8.89. The van der Waals surface area contributed by atoms with Crippen molar-refractivity contribution in [3.8, 4) is 5.75 Å². The summed E-state index contributed by atoms with van der Waals surface area (Å²) in [5.41, 5.74) is 3.88. The molecule has 1 aromatic heterocycles. The minimum absolute atomic E-state index is 0.0995. The average Bonchev–Trinajstić information content (AvgIpc) is 3.09. The van der Waals surface area contributed by atoms with E-state index in [1.165, 1.54) is 6.07 Å². The number of anilines is 2. The molecule has 1 saturated heterocycles. The van der Waals surface area contributed by atoms with E-state index >= 15 is 4.39 Å². The van der Waals surface area contributed by atoms with E-state index in [-0.39, 0.29) is 17.6 Å². The standard InChI is InChI=1S/C38H37FN4O2/c1-27(2)45-35-25-32(37(40)28-18-19-41-36(24-28)43-20-22-44-23-21-43)34(26-33(35)39)42-38(29-12-6-3-7-13-29,30-14-8-4-9-15-30)31-16-10-5-11-17-31/h3-19,24-27,40,42H,20-23H2,1-2H3. The van der Waals surface area contributed by atoms with Crippen LogP contribution in [0.4, 0.5) is 15.9 Å². The Morgan fingerprint density at radius 3 is 1.93 bits per heavy atom. The van der Waals surface area contributed by atoms with Crippen LogP contribution < -0.4 is 15.0 Å². The van der Waals surface area contributed by atoms with Gasteiger partial charge in [0.05, 0.1) is 25.0 Å². The number of aromatic nitrogens is 1. The first kappa shape index (κ1) is 30.0. The average molecular weight is 601 g/mol. The molecule has 7 heteroatoms. The highest BCUT2D eigenvalue weighted by Gasteiger charge is 2.37. The van der Waals surface area contributed by atoms with Gasteiger partial charge in [-0.3, -0.25) is 5.41 Å². The van der Waals surface area contributed by atoms with Crippen LogP contribution in [0.2, 0.25) is 0 Å². The van der Waals surface area contributed by atoms with Crippen molar-refractivity contribution in [3.63, 3.8) is 0 Å². The Hall–Kier alpha value is -5.01. The van der Waals surface area contributed by atoms with Gasteiger partial charge >= 0.3 is 0 Å². The van der Waals surface area contributed by atoms with Gasteiger partial charge in [0.2, 0.25) is 0 Å². The van der Waals surface area contributed by atoms with Crippen LogP contribution in [-0.4, -0.2) is 43.1 Å². The molecule has 0 radical (unpaired) electrons.